The van der Waals surface area contributed by atoms with Crippen LogP contribution in [-0.2, 0) is 4.79 Å². The number of rotatable bonds is 4. The minimum atomic E-state index is -1.02. The molecule has 0 spiro atoms. The molecule has 0 atom stereocenters. The molecule has 1 N–H and O–H groups in total. The van der Waals surface area contributed by atoms with Gasteiger partial charge in [-0.2, -0.15) is 0 Å². The van der Waals surface area contributed by atoms with Gasteiger partial charge in [0, 0.05) is 10.5 Å². The molecule has 0 radical (unpaired) electrons. The Morgan fingerprint density at radius 1 is 1.10 bits per heavy atom. The molecule has 2 aromatic carbocycles. The van der Waals surface area contributed by atoms with Crippen LogP contribution in [0.5, 0.6) is 11.5 Å². The molecule has 6 heteroatoms. The zero-order valence-corrected chi connectivity index (χ0v) is 13.6. The molecule has 0 bridgehead atoms. The number of aliphatic carboxylic acids is 1. The van der Waals surface area contributed by atoms with Crippen molar-refractivity contribution in [3.63, 3.8) is 0 Å². The number of ether oxygens (including phenoxy) is 1. The van der Waals surface area contributed by atoms with Crippen molar-refractivity contribution in [1.29, 1.82) is 0 Å². The summed E-state index contributed by atoms with van der Waals surface area (Å²) in [6, 6.07) is 10.2. The highest BCUT2D eigenvalue weighted by Crippen LogP contribution is 2.35. The monoisotopic (exact) mass is 386 g/mol. The zero-order valence-electron chi connectivity index (χ0n) is 10.5. The van der Waals surface area contributed by atoms with Crippen molar-refractivity contribution in [3.05, 3.63) is 62.6 Å². The van der Waals surface area contributed by atoms with Gasteiger partial charge in [0.1, 0.15) is 11.5 Å². The van der Waals surface area contributed by atoms with E-state index in [-0.39, 0.29) is 0 Å². The highest BCUT2D eigenvalue weighted by Gasteiger charge is 2.07. The zero-order chi connectivity index (χ0) is 15.4. The minimum absolute atomic E-state index is 0.363. The third-order valence-electron chi connectivity index (χ3n) is 2.49. The van der Waals surface area contributed by atoms with Gasteiger partial charge in [0.2, 0.25) is 0 Å². The molecule has 3 nitrogen and oxygen atoms in total. The van der Waals surface area contributed by atoms with E-state index in [1.807, 2.05) is 0 Å². The smallest absolute Gasteiger partial charge is 0.328 e. The predicted molar refractivity (Wildman–Crippen MR) is 87.3 cm³/mol. The summed E-state index contributed by atoms with van der Waals surface area (Å²) in [5.41, 5.74) is 0.664. The fourth-order valence-electron chi connectivity index (χ4n) is 1.55. The average molecular weight is 388 g/mol. The van der Waals surface area contributed by atoms with Gasteiger partial charge in [0.15, 0.2) is 0 Å². The fourth-order valence-corrected chi connectivity index (χ4v) is 2.49. The molecule has 21 heavy (non-hydrogen) atoms. The van der Waals surface area contributed by atoms with E-state index in [4.69, 9.17) is 33.0 Å². The van der Waals surface area contributed by atoms with Crippen LogP contribution < -0.4 is 4.74 Å². The van der Waals surface area contributed by atoms with Crippen LogP contribution in [0.2, 0.25) is 10.0 Å². The maximum atomic E-state index is 10.5. The van der Waals surface area contributed by atoms with Crippen molar-refractivity contribution >= 4 is 51.2 Å². The molecule has 0 heterocycles. The van der Waals surface area contributed by atoms with Crippen LogP contribution in [-0.4, -0.2) is 11.1 Å². The highest BCUT2D eigenvalue weighted by atomic mass is 79.9. The molecule has 0 unspecified atom stereocenters. The topological polar surface area (TPSA) is 46.5 Å². The Hall–Kier alpha value is -1.49. The summed E-state index contributed by atoms with van der Waals surface area (Å²) in [5.74, 6) is -0.1000. The van der Waals surface area contributed by atoms with E-state index in [0.717, 1.165) is 10.5 Å². The Bertz CT molecular complexity index is 714. The standard InChI is InChI=1S/C15H9BrCl2O3/c16-10-3-5-14(12(18)8-10)21-13-4-1-9(7-11(13)17)2-6-15(19)20/h1-8H,(H,19,20)/b6-2+. The second-order valence-corrected chi connectivity index (χ2v) is 5.77. The SMILES string of the molecule is O=C(O)/C=C/c1ccc(Oc2ccc(Br)cc2Cl)c(Cl)c1. The van der Waals surface area contributed by atoms with Crippen molar-refractivity contribution in [1.82, 2.24) is 0 Å². The van der Waals surface area contributed by atoms with Gasteiger partial charge in [-0.15, -0.1) is 0 Å². The van der Waals surface area contributed by atoms with Crippen molar-refractivity contribution in [2.45, 2.75) is 0 Å². The molecule has 0 aliphatic heterocycles. The van der Waals surface area contributed by atoms with E-state index in [1.54, 1.807) is 36.4 Å². The number of hydrogen-bond acceptors (Lipinski definition) is 2. The van der Waals surface area contributed by atoms with Gasteiger partial charge in [-0.25, -0.2) is 4.79 Å². The quantitative estimate of drug-likeness (QED) is 0.690. The largest absolute Gasteiger partial charge is 0.478 e. The van der Waals surface area contributed by atoms with Crippen molar-refractivity contribution in [2.75, 3.05) is 0 Å². The lowest BCUT2D eigenvalue weighted by Gasteiger charge is -2.10. The number of carboxylic acids is 1. The Morgan fingerprint density at radius 3 is 2.29 bits per heavy atom. The number of benzene rings is 2. The number of carboxylic acid groups (broad SMARTS) is 1. The molecule has 0 aliphatic rings. The maximum absolute atomic E-state index is 10.5. The summed E-state index contributed by atoms with van der Waals surface area (Å²) in [7, 11) is 0. The van der Waals surface area contributed by atoms with E-state index in [0.29, 0.717) is 27.1 Å². The number of hydrogen-bond donors (Lipinski definition) is 1. The highest BCUT2D eigenvalue weighted by molar-refractivity contribution is 9.10. The lowest BCUT2D eigenvalue weighted by atomic mass is 10.2. The Labute approximate surface area is 139 Å². The Balaban J connectivity index is 2.23. The van der Waals surface area contributed by atoms with Crippen molar-refractivity contribution in [2.24, 2.45) is 0 Å². The summed E-state index contributed by atoms with van der Waals surface area (Å²) in [5, 5.41) is 9.40. The molecular formula is C15H9BrCl2O3. The lowest BCUT2D eigenvalue weighted by molar-refractivity contribution is -0.131. The maximum Gasteiger partial charge on any atom is 0.328 e. The first-order chi connectivity index (χ1) is 9.95. The molecule has 0 saturated carbocycles. The molecular weight excluding hydrogens is 379 g/mol. The van der Waals surface area contributed by atoms with Crippen molar-refractivity contribution < 1.29 is 14.6 Å². The fraction of sp³-hybridized carbons (Fsp3) is 0. The van der Waals surface area contributed by atoms with Crippen LogP contribution in [0.15, 0.2) is 46.9 Å². The van der Waals surface area contributed by atoms with Gasteiger partial charge in [-0.1, -0.05) is 45.2 Å². The van der Waals surface area contributed by atoms with Gasteiger partial charge in [-0.3, -0.25) is 0 Å². The summed E-state index contributed by atoms with van der Waals surface area (Å²) >= 11 is 15.5. The van der Waals surface area contributed by atoms with Crippen LogP contribution in [0, 0.1) is 0 Å². The normalized spacial score (nSPS) is 10.8. The van der Waals surface area contributed by atoms with Crippen LogP contribution >= 0.6 is 39.1 Å². The molecule has 2 aromatic rings. The lowest BCUT2D eigenvalue weighted by Crippen LogP contribution is -1.88. The molecule has 0 saturated heterocycles. The van der Waals surface area contributed by atoms with Gasteiger partial charge in [0.05, 0.1) is 10.0 Å². The first-order valence-electron chi connectivity index (χ1n) is 5.79. The number of halogens is 3. The number of carbonyl (C=O) groups is 1. The van der Waals surface area contributed by atoms with Crippen LogP contribution in [0.1, 0.15) is 5.56 Å². The van der Waals surface area contributed by atoms with Gasteiger partial charge < -0.3 is 9.84 Å². The summed E-state index contributed by atoms with van der Waals surface area (Å²) in [4.78, 5) is 10.5. The minimum Gasteiger partial charge on any atom is -0.478 e. The summed E-state index contributed by atoms with van der Waals surface area (Å²) in [6.45, 7) is 0. The van der Waals surface area contributed by atoms with E-state index >= 15 is 0 Å². The van der Waals surface area contributed by atoms with Gasteiger partial charge >= 0.3 is 5.97 Å². The third-order valence-corrected chi connectivity index (χ3v) is 3.57. The van der Waals surface area contributed by atoms with Gasteiger partial charge in [0.25, 0.3) is 0 Å². The predicted octanol–water partition coefficient (Wildman–Crippen LogP) is 5.65. The second kappa shape index (κ2) is 6.98. The van der Waals surface area contributed by atoms with E-state index in [9.17, 15) is 4.79 Å². The van der Waals surface area contributed by atoms with Crippen LogP contribution in [0.3, 0.4) is 0 Å². The van der Waals surface area contributed by atoms with Crippen LogP contribution in [0.4, 0.5) is 0 Å². The molecule has 0 fully saturated rings. The van der Waals surface area contributed by atoms with E-state index in [2.05, 4.69) is 15.9 Å². The van der Waals surface area contributed by atoms with Gasteiger partial charge in [-0.05, 0) is 42.0 Å². The van der Waals surface area contributed by atoms with Crippen LogP contribution in [0.25, 0.3) is 6.08 Å². The average Bonchev–Trinajstić information content (AvgIpc) is 2.42. The molecule has 0 aromatic heterocycles. The Morgan fingerprint density at radius 2 is 1.71 bits per heavy atom. The molecule has 0 amide bonds. The molecule has 108 valence electrons. The Kier molecular flexibility index (Phi) is 5.28. The first kappa shape index (κ1) is 15.9. The van der Waals surface area contributed by atoms with Crippen molar-refractivity contribution in [3.8, 4) is 11.5 Å². The van der Waals surface area contributed by atoms with E-state index in [1.165, 1.54) is 6.08 Å². The van der Waals surface area contributed by atoms with E-state index < -0.39 is 5.97 Å². The second-order valence-electron chi connectivity index (χ2n) is 4.04. The third kappa shape index (κ3) is 4.49. The first-order valence-corrected chi connectivity index (χ1v) is 7.34. The summed E-state index contributed by atoms with van der Waals surface area (Å²) in [6.07, 6.45) is 2.49. The summed E-state index contributed by atoms with van der Waals surface area (Å²) < 4.78 is 6.50. The molecule has 2 rings (SSSR count). The molecule has 0 aliphatic carbocycles.